The molecule has 1 saturated heterocycles. The van der Waals surface area contributed by atoms with Gasteiger partial charge in [0.1, 0.15) is 5.60 Å². The van der Waals surface area contributed by atoms with E-state index in [1.54, 1.807) is 4.90 Å². The van der Waals surface area contributed by atoms with Crippen molar-refractivity contribution in [3.05, 3.63) is 12.2 Å². The van der Waals surface area contributed by atoms with E-state index >= 15 is 0 Å². The molecule has 1 atom stereocenters. The lowest BCUT2D eigenvalue weighted by atomic mass is 9.93. The summed E-state index contributed by atoms with van der Waals surface area (Å²) in [6, 6.07) is 0.178. The molecule has 124 valence electrons. The summed E-state index contributed by atoms with van der Waals surface area (Å²) >= 11 is 0. The van der Waals surface area contributed by atoms with E-state index in [0.717, 1.165) is 32.1 Å². The van der Waals surface area contributed by atoms with Crippen LogP contribution in [0.5, 0.6) is 0 Å². The Kier molecular flexibility index (Phi) is 5.48. The third kappa shape index (κ3) is 5.04. The van der Waals surface area contributed by atoms with Crippen molar-refractivity contribution in [2.75, 3.05) is 13.1 Å². The van der Waals surface area contributed by atoms with Crippen molar-refractivity contribution in [2.24, 2.45) is 5.92 Å². The third-order valence-electron chi connectivity index (χ3n) is 4.13. The van der Waals surface area contributed by atoms with Crippen molar-refractivity contribution in [2.45, 2.75) is 64.5 Å². The lowest BCUT2D eigenvalue weighted by Gasteiger charge is -2.34. The molecule has 0 bridgehead atoms. The first kappa shape index (κ1) is 16.8. The van der Waals surface area contributed by atoms with Gasteiger partial charge in [0.25, 0.3) is 0 Å². The molecule has 1 aliphatic heterocycles. The molecular formula is C17H28N2O3. The van der Waals surface area contributed by atoms with Crippen molar-refractivity contribution in [1.82, 2.24) is 10.2 Å². The van der Waals surface area contributed by atoms with Crippen molar-refractivity contribution in [3.63, 3.8) is 0 Å². The van der Waals surface area contributed by atoms with E-state index in [4.69, 9.17) is 4.74 Å². The quantitative estimate of drug-likeness (QED) is 0.798. The van der Waals surface area contributed by atoms with E-state index < -0.39 is 5.60 Å². The van der Waals surface area contributed by atoms with Crippen LogP contribution in [-0.2, 0) is 9.53 Å². The number of likely N-dealkylation sites (tertiary alicyclic amines) is 1. The number of piperidine rings is 1. The number of nitrogens with zero attached hydrogens (tertiary/aromatic N) is 1. The van der Waals surface area contributed by atoms with E-state index in [1.165, 1.54) is 0 Å². The van der Waals surface area contributed by atoms with Gasteiger partial charge in [-0.15, -0.1) is 0 Å². The summed E-state index contributed by atoms with van der Waals surface area (Å²) in [4.78, 5) is 26.0. The lowest BCUT2D eigenvalue weighted by Crippen LogP contribution is -2.48. The van der Waals surface area contributed by atoms with Crippen molar-refractivity contribution in [1.29, 1.82) is 0 Å². The Hall–Kier alpha value is -1.52. The predicted octanol–water partition coefficient (Wildman–Crippen LogP) is 2.86. The van der Waals surface area contributed by atoms with Crippen LogP contribution in [0.3, 0.4) is 0 Å². The molecule has 2 aliphatic rings. The molecule has 0 aromatic heterocycles. The minimum atomic E-state index is -0.462. The molecule has 0 radical (unpaired) electrons. The average Bonchev–Trinajstić information content (AvgIpc) is 2.47. The van der Waals surface area contributed by atoms with E-state index in [9.17, 15) is 9.59 Å². The SMILES string of the molecule is CC(C)(C)OC(=O)N1CCC(NC(=O)C2CC=CCC2)CC1. The first-order chi connectivity index (χ1) is 10.3. The van der Waals surface area contributed by atoms with E-state index in [2.05, 4.69) is 17.5 Å². The van der Waals surface area contributed by atoms with E-state index in [-0.39, 0.29) is 24.0 Å². The summed E-state index contributed by atoms with van der Waals surface area (Å²) in [5.41, 5.74) is -0.462. The van der Waals surface area contributed by atoms with Gasteiger partial charge in [-0.1, -0.05) is 12.2 Å². The Morgan fingerprint density at radius 3 is 2.36 bits per heavy atom. The molecule has 0 aromatic rings. The minimum Gasteiger partial charge on any atom is -0.444 e. The Labute approximate surface area is 133 Å². The van der Waals surface area contributed by atoms with Gasteiger partial charge in [-0.3, -0.25) is 4.79 Å². The lowest BCUT2D eigenvalue weighted by molar-refractivity contribution is -0.126. The van der Waals surface area contributed by atoms with Crippen molar-refractivity contribution < 1.29 is 14.3 Å². The number of nitrogens with one attached hydrogen (secondary N) is 1. The zero-order valence-corrected chi connectivity index (χ0v) is 13.9. The molecule has 2 rings (SSSR count). The van der Waals surface area contributed by atoms with Gasteiger partial charge in [0.2, 0.25) is 5.91 Å². The van der Waals surface area contributed by atoms with Crippen LogP contribution in [0.4, 0.5) is 4.79 Å². The normalized spacial score (nSPS) is 23.2. The Bertz CT molecular complexity index is 432. The maximum atomic E-state index is 12.2. The second-order valence-corrected chi connectivity index (χ2v) is 7.23. The number of carbonyl (C=O) groups excluding carboxylic acids is 2. The highest BCUT2D eigenvalue weighted by atomic mass is 16.6. The molecule has 5 heteroatoms. The maximum absolute atomic E-state index is 12.2. The van der Waals surface area contributed by atoms with Crippen molar-refractivity contribution in [3.8, 4) is 0 Å². The minimum absolute atomic E-state index is 0.119. The van der Waals surface area contributed by atoms with Gasteiger partial charge >= 0.3 is 6.09 Å². The van der Waals surface area contributed by atoms with Crippen molar-refractivity contribution >= 4 is 12.0 Å². The molecule has 22 heavy (non-hydrogen) atoms. The number of hydrogen-bond donors (Lipinski definition) is 1. The van der Waals surface area contributed by atoms with Crippen LogP contribution in [0, 0.1) is 5.92 Å². The number of rotatable bonds is 2. The monoisotopic (exact) mass is 308 g/mol. The first-order valence-electron chi connectivity index (χ1n) is 8.28. The highest BCUT2D eigenvalue weighted by Gasteiger charge is 2.28. The average molecular weight is 308 g/mol. The van der Waals surface area contributed by atoms with Gasteiger partial charge < -0.3 is 15.0 Å². The summed E-state index contributed by atoms with van der Waals surface area (Å²) in [5, 5.41) is 3.14. The zero-order valence-electron chi connectivity index (χ0n) is 13.9. The predicted molar refractivity (Wildman–Crippen MR) is 85.5 cm³/mol. The fourth-order valence-corrected chi connectivity index (χ4v) is 2.88. The van der Waals surface area contributed by atoms with E-state index in [0.29, 0.717) is 13.1 Å². The molecular weight excluding hydrogens is 280 g/mol. The highest BCUT2D eigenvalue weighted by Crippen LogP contribution is 2.20. The Morgan fingerprint density at radius 2 is 1.82 bits per heavy atom. The largest absolute Gasteiger partial charge is 0.444 e. The zero-order chi connectivity index (χ0) is 16.2. The van der Waals surface area contributed by atoms with Crippen LogP contribution < -0.4 is 5.32 Å². The standard InChI is InChI=1S/C17H28N2O3/c1-17(2,3)22-16(21)19-11-9-14(10-12-19)18-15(20)13-7-5-4-6-8-13/h4-5,13-14H,6-12H2,1-3H3,(H,18,20). The molecule has 1 aliphatic carbocycles. The smallest absolute Gasteiger partial charge is 0.410 e. The second-order valence-electron chi connectivity index (χ2n) is 7.23. The van der Waals surface area contributed by atoms with Gasteiger partial charge in [-0.25, -0.2) is 4.79 Å². The van der Waals surface area contributed by atoms with Gasteiger partial charge in [-0.05, 0) is 52.9 Å². The summed E-state index contributed by atoms with van der Waals surface area (Å²) in [6.45, 7) is 6.90. The number of amides is 2. The highest BCUT2D eigenvalue weighted by molar-refractivity contribution is 5.79. The van der Waals surface area contributed by atoms with Gasteiger partial charge in [0, 0.05) is 25.0 Å². The second kappa shape index (κ2) is 7.16. The summed E-state index contributed by atoms with van der Waals surface area (Å²) in [5.74, 6) is 0.286. The molecule has 1 heterocycles. The van der Waals surface area contributed by atoms with Crippen LogP contribution in [-0.4, -0.2) is 41.6 Å². The number of hydrogen-bond acceptors (Lipinski definition) is 3. The molecule has 1 unspecified atom stereocenters. The fourth-order valence-electron chi connectivity index (χ4n) is 2.88. The molecule has 1 N–H and O–H groups in total. The number of ether oxygens (including phenoxy) is 1. The van der Waals surface area contributed by atoms with Gasteiger partial charge in [0.05, 0.1) is 0 Å². The van der Waals surface area contributed by atoms with Crippen LogP contribution >= 0.6 is 0 Å². The summed E-state index contributed by atoms with van der Waals surface area (Å²) in [6.07, 6.45) is 8.37. The number of allylic oxidation sites excluding steroid dienone is 2. The molecule has 0 spiro atoms. The van der Waals surface area contributed by atoms with Crippen LogP contribution in [0.15, 0.2) is 12.2 Å². The Balaban J connectivity index is 1.74. The summed E-state index contributed by atoms with van der Waals surface area (Å²) in [7, 11) is 0. The maximum Gasteiger partial charge on any atom is 0.410 e. The molecule has 0 aromatic carbocycles. The third-order valence-corrected chi connectivity index (χ3v) is 4.13. The molecule has 5 nitrogen and oxygen atoms in total. The molecule has 0 saturated carbocycles. The Morgan fingerprint density at radius 1 is 1.14 bits per heavy atom. The topological polar surface area (TPSA) is 58.6 Å². The summed E-state index contributed by atoms with van der Waals surface area (Å²) < 4.78 is 5.38. The van der Waals surface area contributed by atoms with Crippen LogP contribution in [0.25, 0.3) is 0 Å². The first-order valence-corrected chi connectivity index (χ1v) is 8.28. The van der Waals surface area contributed by atoms with E-state index in [1.807, 2.05) is 20.8 Å². The van der Waals surface area contributed by atoms with Crippen LogP contribution in [0.2, 0.25) is 0 Å². The van der Waals surface area contributed by atoms with Gasteiger partial charge in [-0.2, -0.15) is 0 Å². The molecule has 1 fully saturated rings. The fraction of sp³-hybridized carbons (Fsp3) is 0.765. The van der Waals surface area contributed by atoms with Gasteiger partial charge in [0.15, 0.2) is 0 Å². The number of carbonyl (C=O) groups is 2. The molecule has 2 amide bonds. The van der Waals surface area contributed by atoms with Crippen LogP contribution in [0.1, 0.15) is 52.9 Å².